The van der Waals surface area contributed by atoms with E-state index in [1.807, 2.05) is 24.3 Å². The van der Waals surface area contributed by atoms with Crippen molar-refractivity contribution in [2.24, 2.45) is 0 Å². The standard InChI is InChI=1S/C13H18O3/c1-11(14)5-4-8-16-10-12-6-3-7-13(9-12)15-2/h3,6-7,9H,4-5,8,10H2,1-2H3. The fourth-order valence-electron chi connectivity index (χ4n) is 1.38. The molecule has 0 atom stereocenters. The van der Waals surface area contributed by atoms with Crippen LogP contribution in [0.4, 0.5) is 0 Å². The molecule has 0 aliphatic rings. The Kier molecular flexibility index (Phi) is 5.57. The molecule has 0 aliphatic carbocycles. The predicted octanol–water partition coefficient (Wildman–Crippen LogP) is 2.58. The molecule has 0 unspecified atom stereocenters. The van der Waals surface area contributed by atoms with E-state index >= 15 is 0 Å². The molecule has 0 bridgehead atoms. The molecule has 0 aliphatic heterocycles. The van der Waals surface area contributed by atoms with Crippen LogP contribution in [0.2, 0.25) is 0 Å². The van der Waals surface area contributed by atoms with Crippen LogP contribution in [0.3, 0.4) is 0 Å². The minimum atomic E-state index is 0.213. The minimum Gasteiger partial charge on any atom is -0.497 e. The molecular formula is C13H18O3. The first-order valence-electron chi connectivity index (χ1n) is 5.42. The van der Waals surface area contributed by atoms with Crippen molar-refractivity contribution < 1.29 is 14.3 Å². The van der Waals surface area contributed by atoms with E-state index in [0.717, 1.165) is 17.7 Å². The Balaban J connectivity index is 2.23. The zero-order chi connectivity index (χ0) is 11.8. The highest BCUT2D eigenvalue weighted by Crippen LogP contribution is 2.13. The molecule has 0 radical (unpaired) electrons. The van der Waals surface area contributed by atoms with Crippen molar-refractivity contribution in [2.45, 2.75) is 26.4 Å². The molecule has 1 aromatic carbocycles. The fraction of sp³-hybridized carbons (Fsp3) is 0.462. The Morgan fingerprint density at radius 2 is 2.19 bits per heavy atom. The van der Waals surface area contributed by atoms with Gasteiger partial charge in [0.25, 0.3) is 0 Å². The van der Waals surface area contributed by atoms with E-state index in [4.69, 9.17) is 9.47 Å². The highest BCUT2D eigenvalue weighted by Gasteiger charge is 1.97. The lowest BCUT2D eigenvalue weighted by Gasteiger charge is -2.05. The third-order valence-electron chi connectivity index (χ3n) is 2.22. The predicted molar refractivity (Wildman–Crippen MR) is 62.6 cm³/mol. The Bertz CT molecular complexity index is 334. The monoisotopic (exact) mass is 222 g/mol. The summed E-state index contributed by atoms with van der Waals surface area (Å²) in [5.74, 6) is 1.05. The van der Waals surface area contributed by atoms with Gasteiger partial charge in [0.15, 0.2) is 0 Å². The average Bonchev–Trinajstić information content (AvgIpc) is 2.28. The van der Waals surface area contributed by atoms with Crippen molar-refractivity contribution in [2.75, 3.05) is 13.7 Å². The van der Waals surface area contributed by atoms with Crippen molar-refractivity contribution in [3.05, 3.63) is 29.8 Å². The lowest BCUT2D eigenvalue weighted by atomic mass is 10.2. The van der Waals surface area contributed by atoms with E-state index < -0.39 is 0 Å². The van der Waals surface area contributed by atoms with E-state index in [1.54, 1.807) is 14.0 Å². The smallest absolute Gasteiger partial charge is 0.129 e. The summed E-state index contributed by atoms with van der Waals surface area (Å²) in [6, 6.07) is 7.78. The summed E-state index contributed by atoms with van der Waals surface area (Å²) < 4.78 is 10.6. The number of methoxy groups -OCH3 is 1. The minimum absolute atomic E-state index is 0.213. The molecule has 3 nitrogen and oxygen atoms in total. The van der Waals surface area contributed by atoms with Gasteiger partial charge in [-0.05, 0) is 31.0 Å². The number of ether oxygens (including phenoxy) is 2. The molecule has 0 N–H and O–H groups in total. The van der Waals surface area contributed by atoms with E-state index in [2.05, 4.69) is 0 Å². The molecule has 3 heteroatoms. The zero-order valence-electron chi connectivity index (χ0n) is 9.86. The van der Waals surface area contributed by atoms with Crippen LogP contribution in [0.1, 0.15) is 25.3 Å². The molecule has 16 heavy (non-hydrogen) atoms. The second kappa shape index (κ2) is 7.01. The zero-order valence-corrected chi connectivity index (χ0v) is 9.86. The van der Waals surface area contributed by atoms with Crippen molar-refractivity contribution in [1.29, 1.82) is 0 Å². The first-order chi connectivity index (χ1) is 7.72. The molecule has 0 saturated carbocycles. The second-order valence-electron chi connectivity index (χ2n) is 3.71. The summed E-state index contributed by atoms with van der Waals surface area (Å²) in [6.45, 7) is 2.79. The number of rotatable bonds is 7. The molecule has 0 spiro atoms. The Labute approximate surface area is 96.4 Å². The largest absolute Gasteiger partial charge is 0.497 e. The van der Waals surface area contributed by atoms with E-state index in [0.29, 0.717) is 19.6 Å². The lowest BCUT2D eigenvalue weighted by Crippen LogP contribution is -1.98. The molecule has 1 aromatic rings. The fourth-order valence-corrected chi connectivity index (χ4v) is 1.38. The SMILES string of the molecule is COc1cccc(COCCCC(C)=O)c1. The van der Waals surface area contributed by atoms with Gasteiger partial charge < -0.3 is 14.3 Å². The molecule has 0 fully saturated rings. The maximum atomic E-state index is 10.7. The van der Waals surface area contributed by atoms with E-state index in [-0.39, 0.29) is 5.78 Å². The van der Waals surface area contributed by atoms with Crippen LogP contribution in [0.15, 0.2) is 24.3 Å². The van der Waals surface area contributed by atoms with Gasteiger partial charge in [-0.1, -0.05) is 12.1 Å². The van der Waals surface area contributed by atoms with Crippen molar-refractivity contribution in [1.82, 2.24) is 0 Å². The van der Waals surface area contributed by atoms with Crippen molar-refractivity contribution >= 4 is 5.78 Å². The van der Waals surface area contributed by atoms with Crippen LogP contribution in [0, 0.1) is 0 Å². The summed E-state index contributed by atoms with van der Waals surface area (Å²) >= 11 is 0. The highest BCUT2D eigenvalue weighted by atomic mass is 16.5. The van der Waals surface area contributed by atoms with Gasteiger partial charge in [0.05, 0.1) is 13.7 Å². The second-order valence-corrected chi connectivity index (χ2v) is 3.71. The van der Waals surface area contributed by atoms with Crippen LogP contribution >= 0.6 is 0 Å². The number of ketones is 1. The topological polar surface area (TPSA) is 35.5 Å². The van der Waals surface area contributed by atoms with Gasteiger partial charge in [-0.3, -0.25) is 0 Å². The van der Waals surface area contributed by atoms with Crippen LogP contribution in [-0.2, 0) is 16.1 Å². The molecule has 0 amide bonds. The summed E-state index contributed by atoms with van der Waals surface area (Å²) in [4.78, 5) is 10.7. The van der Waals surface area contributed by atoms with Crippen LogP contribution in [-0.4, -0.2) is 19.5 Å². The highest BCUT2D eigenvalue weighted by molar-refractivity contribution is 5.75. The van der Waals surface area contributed by atoms with Gasteiger partial charge in [-0.2, -0.15) is 0 Å². The third kappa shape index (κ3) is 4.94. The molecular weight excluding hydrogens is 204 g/mol. The van der Waals surface area contributed by atoms with E-state index in [9.17, 15) is 4.79 Å². The van der Waals surface area contributed by atoms with E-state index in [1.165, 1.54) is 0 Å². The Morgan fingerprint density at radius 3 is 2.88 bits per heavy atom. The Morgan fingerprint density at radius 1 is 1.38 bits per heavy atom. The number of hydrogen-bond acceptors (Lipinski definition) is 3. The number of Topliss-reactive ketones (excluding diaryl/α,β-unsaturated/α-hetero) is 1. The first kappa shape index (κ1) is 12.7. The summed E-state index contributed by atoms with van der Waals surface area (Å²) in [5, 5.41) is 0. The number of benzene rings is 1. The van der Waals surface area contributed by atoms with Crippen molar-refractivity contribution in [3.8, 4) is 5.75 Å². The van der Waals surface area contributed by atoms with Crippen LogP contribution in [0.5, 0.6) is 5.75 Å². The van der Waals surface area contributed by atoms with Gasteiger partial charge >= 0.3 is 0 Å². The molecule has 0 aromatic heterocycles. The molecule has 0 saturated heterocycles. The summed E-state index contributed by atoms with van der Waals surface area (Å²) in [7, 11) is 1.65. The lowest BCUT2D eigenvalue weighted by molar-refractivity contribution is -0.117. The maximum absolute atomic E-state index is 10.7. The number of carbonyl (C=O) groups is 1. The maximum Gasteiger partial charge on any atom is 0.129 e. The van der Waals surface area contributed by atoms with Crippen LogP contribution < -0.4 is 4.74 Å². The molecule has 1 rings (SSSR count). The van der Waals surface area contributed by atoms with Crippen LogP contribution in [0.25, 0.3) is 0 Å². The quantitative estimate of drug-likeness (QED) is 0.665. The van der Waals surface area contributed by atoms with Gasteiger partial charge in [0, 0.05) is 13.0 Å². The Hall–Kier alpha value is -1.35. The summed E-state index contributed by atoms with van der Waals surface area (Å²) in [5.41, 5.74) is 1.09. The average molecular weight is 222 g/mol. The summed E-state index contributed by atoms with van der Waals surface area (Å²) in [6.07, 6.45) is 1.39. The third-order valence-corrected chi connectivity index (χ3v) is 2.22. The van der Waals surface area contributed by atoms with Gasteiger partial charge in [0.1, 0.15) is 11.5 Å². The number of carbonyl (C=O) groups excluding carboxylic acids is 1. The first-order valence-corrected chi connectivity index (χ1v) is 5.42. The van der Waals surface area contributed by atoms with Gasteiger partial charge in [-0.25, -0.2) is 0 Å². The van der Waals surface area contributed by atoms with Gasteiger partial charge in [-0.15, -0.1) is 0 Å². The molecule has 88 valence electrons. The number of hydrogen-bond donors (Lipinski definition) is 0. The normalized spacial score (nSPS) is 10.1. The molecule has 0 heterocycles. The van der Waals surface area contributed by atoms with Crippen molar-refractivity contribution in [3.63, 3.8) is 0 Å². The van der Waals surface area contributed by atoms with Gasteiger partial charge in [0.2, 0.25) is 0 Å².